The van der Waals surface area contributed by atoms with E-state index in [1.165, 1.54) is 71.7 Å². The maximum absolute atomic E-state index is 3.43. The highest BCUT2D eigenvalue weighted by Gasteiger charge is 2.24. The highest BCUT2D eigenvalue weighted by atomic mass is 15.2. The fraction of sp³-hybridized carbons (Fsp3) is 1.00. The smallest absolute Gasteiger partial charge is 0.0107 e. The predicted octanol–water partition coefficient (Wildman–Crippen LogP) is 0.165. The third-order valence-corrected chi connectivity index (χ3v) is 4.18. The Morgan fingerprint density at radius 3 is 2.61 bits per heavy atom. The summed E-state index contributed by atoms with van der Waals surface area (Å²) in [6, 6.07) is 0. The topological polar surface area (TPSA) is 21.8 Å². The van der Waals surface area contributed by atoms with Gasteiger partial charge >= 0.3 is 0 Å². The molecule has 0 bridgehead atoms. The molecule has 0 aromatic rings. The van der Waals surface area contributed by atoms with E-state index in [1.54, 1.807) is 0 Å². The lowest BCUT2D eigenvalue weighted by Crippen LogP contribution is -2.45. The third-order valence-electron chi connectivity index (χ3n) is 4.18. The number of likely N-dealkylation sites (tertiary alicyclic amines) is 1. The van der Waals surface area contributed by atoms with Gasteiger partial charge in [0.05, 0.1) is 0 Å². The molecule has 2 aliphatic heterocycles. The van der Waals surface area contributed by atoms with Crippen LogP contribution in [-0.2, 0) is 0 Å². The second kappa shape index (κ2) is 7.43. The Morgan fingerprint density at radius 2 is 1.89 bits per heavy atom. The van der Waals surface area contributed by atoms with Crippen LogP contribution in [0.4, 0.5) is 0 Å². The van der Waals surface area contributed by atoms with Gasteiger partial charge in [0.15, 0.2) is 0 Å². The summed E-state index contributed by atoms with van der Waals surface area (Å²) in [7, 11) is 4.33. The summed E-state index contributed by atoms with van der Waals surface area (Å²) in [5.41, 5.74) is 0. The number of hydrogen-bond donors (Lipinski definition) is 1. The van der Waals surface area contributed by atoms with Crippen LogP contribution in [0.3, 0.4) is 0 Å². The molecular weight excluding hydrogens is 224 g/mol. The first-order valence-corrected chi connectivity index (χ1v) is 7.54. The van der Waals surface area contributed by atoms with E-state index in [2.05, 4.69) is 34.1 Å². The van der Waals surface area contributed by atoms with Gasteiger partial charge in [-0.1, -0.05) is 0 Å². The van der Waals surface area contributed by atoms with Crippen LogP contribution in [0.1, 0.15) is 12.8 Å². The number of rotatable bonds is 6. The Kier molecular flexibility index (Phi) is 5.89. The van der Waals surface area contributed by atoms with Gasteiger partial charge in [0.2, 0.25) is 0 Å². The van der Waals surface area contributed by atoms with E-state index in [-0.39, 0.29) is 0 Å². The van der Waals surface area contributed by atoms with Crippen LogP contribution in [0.25, 0.3) is 0 Å². The first-order valence-electron chi connectivity index (χ1n) is 7.54. The first kappa shape index (κ1) is 14.3. The van der Waals surface area contributed by atoms with Crippen LogP contribution in [-0.4, -0.2) is 87.7 Å². The Labute approximate surface area is 112 Å². The molecule has 2 fully saturated rings. The molecular formula is C14H30N4. The van der Waals surface area contributed by atoms with Crippen molar-refractivity contribution in [3.05, 3.63) is 0 Å². The number of piperazine rings is 1. The zero-order valence-corrected chi connectivity index (χ0v) is 12.2. The summed E-state index contributed by atoms with van der Waals surface area (Å²) >= 11 is 0. The highest BCUT2D eigenvalue weighted by Crippen LogP contribution is 2.17. The van der Waals surface area contributed by atoms with Crippen molar-refractivity contribution in [3.8, 4) is 0 Å². The molecule has 4 nitrogen and oxygen atoms in total. The van der Waals surface area contributed by atoms with Crippen molar-refractivity contribution in [1.82, 2.24) is 20.0 Å². The number of nitrogens with zero attached hydrogens (tertiary/aromatic N) is 3. The Bertz CT molecular complexity index is 226. The minimum Gasteiger partial charge on any atom is -0.314 e. The van der Waals surface area contributed by atoms with E-state index >= 15 is 0 Å². The molecule has 1 unspecified atom stereocenters. The minimum atomic E-state index is 0.919. The molecule has 18 heavy (non-hydrogen) atoms. The molecule has 0 aliphatic carbocycles. The summed E-state index contributed by atoms with van der Waals surface area (Å²) in [6.45, 7) is 11.3. The second-order valence-electron chi connectivity index (χ2n) is 6.16. The van der Waals surface area contributed by atoms with Crippen LogP contribution < -0.4 is 5.32 Å². The zero-order chi connectivity index (χ0) is 12.8. The van der Waals surface area contributed by atoms with Gasteiger partial charge in [0.1, 0.15) is 0 Å². The molecule has 2 heterocycles. The minimum absolute atomic E-state index is 0.919. The van der Waals surface area contributed by atoms with Crippen molar-refractivity contribution in [2.45, 2.75) is 12.8 Å². The molecule has 1 N–H and O–H groups in total. The van der Waals surface area contributed by atoms with E-state index in [4.69, 9.17) is 0 Å². The van der Waals surface area contributed by atoms with Crippen LogP contribution in [0.15, 0.2) is 0 Å². The van der Waals surface area contributed by atoms with Crippen molar-refractivity contribution in [2.75, 3.05) is 73.0 Å². The van der Waals surface area contributed by atoms with Crippen molar-refractivity contribution >= 4 is 0 Å². The van der Waals surface area contributed by atoms with Crippen molar-refractivity contribution in [1.29, 1.82) is 0 Å². The van der Waals surface area contributed by atoms with E-state index < -0.39 is 0 Å². The van der Waals surface area contributed by atoms with Gasteiger partial charge in [-0.2, -0.15) is 0 Å². The number of nitrogens with one attached hydrogen (secondary N) is 1. The normalized spacial score (nSPS) is 27.2. The van der Waals surface area contributed by atoms with Crippen LogP contribution in [0.5, 0.6) is 0 Å². The quantitative estimate of drug-likeness (QED) is 0.729. The zero-order valence-electron chi connectivity index (χ0n) is 12.2. The summed E-state index contributed by atoms with van der Waals surface area (Å²) < 4.78 is 0. The molecule has 0 spiro atoms. The molecule has 1 atom stereocenters. The van der Waals surface area contributed by atoms with Crippen LogP contribution >= 0.6 is 0 Å². The molecule has 2 aliphatic rings. The molecule has 0 aromatic carbocycles. The fourth-order valence-corrected chi connectivity index (χ4v) is 3.13. The molecule has 4 heteroatoms. The average molecular weight is 254 g/mol. The first-order chi connectivity index (χ1) is 8.74. The van der Waals surface area contributed by atoms with E-state index in [1.807, 2.05) is 0 Å². The van der Waals surface area contributed by atoms with E-state index in [0.29, 0.717) is 0 Å². The van der Waals surface area contributed by atoms with Crippen LogP contribution in [0, 0.1) is 5.92 Å². The maximum atomic E-state index is 3.43. The molecule has 0 amide bonds. The molecule has 0 aromatic heterocycles. The van der Waals surface area contributed by atoms with Gasteiger partial charge in [0.25, 0.3) is 0 Å². The van der Waals surface area contributed by atoms with E-state index in [9.17, 15) is 0 Å². The number of hydrogen-bond acceptors (Lipinski definition) is 4. The van der Waals surface area contributed by atoms with Crippen LogP contribution in [0.2, 0.25) is 0 Å². The van der Waals surface area contributed by atoms with Crippen molar-refractivity contribution < 1.29 is 0 Å². The molecule has 0 saturated carbocycles. The SMILES string of the molecule is CN(C)CCCN1CCC(CN2CCNCC2)C1. The summed E-state index contributed by atoms with van der Waals surface area (Å²) in [4.78, 5) is 7.59. The van der Waals surface area contributed by atoms with Gasteiger partial charge < -0.3 is 20.0 Å². The monoisotopic (exact) mass is 254 g/mol. The van der Waals surface area contributed by atoms with E-state index in [0.717, 1.165) is 5.92 Å². The van der Waals surface area contributed by atoms with Gasteiger partial charge in [-0.3, -0.25) is 0 Å². The Hall–Kier alpha value is -0.160. The summed E-state index contributed by atoms with van der Waals surface area (Å²) in [5, 5.41) is 3.43. The Balaban J connectivity index is 1.59. The lowest BCUT2D eigenvalue weighted by molar-refractivity contribution is 0.202. The van der Waals surface area contributed by atoms with Gasteiger partial charge in [-0.15, -0.1) is 0 Å². The molecule has 0 radical (unpaired) electrons. The second-order valence-corrected chi connectivity index (χ2v) is 6.16. The molecule has 106 valence electrons. The lowest BCUT2D eigenvalue weighted by Gasteiger charge is -2.29. The average Bonchev–Trinajstić information content (AvgIpc) is 2.78. The summed E-state index contributed by atoms with van der Waals surface area (Å²) in [6.07, 6.45) is 2.72. The van der Waals surface area contributed by atoms with Gasteiger partial charge in [0, 0.05) is 39.3 Å². The predicted molar refractivity (Wildman–Crippen MR) is 77.0 cm³/mol. The molecule has 2 saturated heterocycles. The third kappa shape index (κ3) is 4.84. The van der Waals surface area contributed by atoms with Crippen molar-refractivity contribution in [3.63, 3.8) is 0 Å². The maximum Gasteiger partial charge on any atom is 0.0107 e. The Morgan fingerprint density at radius 1 is 1.11 bits per heavy atom. The summed E-state index contributed by atoms with van der Waals surface area (Å²) in [5.74, 6) is 0.919. The fourth-order valence-electron chi connectivity index (χ4n) is 3.13. The van der Waals surface area contributed by atoms with Gasteiger partial charge in [-0.05, 0) is 52.5 Å². The molecule has 2 rings (SSSR count). The van der Waals surface area contributed by atoms with Crippen molar-refractivity contribution in [2.24, 2.45) is 5.92 Å². The highest BCUT2D eigenvalue weighted by molar-refractivity contribution is 4.80. The van der Waals surface area contributed by atoms with Gasteiger partial charge in [-0.25, -0.2) is 0 Å². The standard InChI is InChI=1S/C14H30N4/c1-16(2)7-3-8-17-9-4-14(12-17)13-18-10-5-15-6-11-18/h14-15H,3-13H2,1-2H3. The lowest BCUT2D eigenvalue weighted by atomic mass is 10.1. The largest absolute Gasteiger partial charge is 0.314 e.